The van der Waals surface area contributed by atoms with Gasteiger partial charge in [-0.05, 0) is 18.2 Å². The van der Waals surface area contributed by atoms with Crippen molar-refractivity contribution in [1.82, 2.24) is 4.98 Å². The zero-order valence-corrected chi connectivity index (χ0v) is 5.79. The maximum atomic E-state index is 4.76. The molecule has 0 unspecified atom stereocenters. The van der Waals surface area contributed by atoms with Gasteiger partial charge in [-0.25, -0.2) is 0 Å². The van der Waals surface area contributed by atoms with Crippen molar-refractivity contribution in [3.63, 3.8) is 0 Å². The van der Waals surface area contributed by atoms with Gasteiger partial charge in [-0.15, -0.1) is 0 Å². The summed E-state index contributed by atoms with van der Waals surface area (Å²) >= 11 is 0. The summed E-state index contributed by atoms with van der Waals surface area (Å²) in [5, 5.41) is 0. The lowest BCUT2D eigenvalue weighted by Crippen LogP contribution is -1.70. The second-order valence-corrected chi connectivity index (χ2v) is 1.92. The van der Waals surface area contributed by atoms with Crippen LogP contribution in [0.4, 0.5) is 0 Å². The van der Waals surface area contributed by atoms with Gasteiger partial charge >= 0.3 is 0 Å². The van der Waals surface area contributed by atoms with Crippen LogP contribution in [0.3, 0.4) is 0 Å². The van der Waals surface area contributed by atoms with Crippen molar-refractivity contribution in [1.29, 1.82) is 0 Å². The fourth-order valence-corrected chi connectivity index (χ4v) is 0.618. The molecular weight excluding hydrogens is 126 g/mol. The molecule has 0 saturated carbocycles. The molecule has 1 aliphatic rings. The van der Waals surface area contributed by atoms with E-state index in [-0.39, 0.29) is 0 Å². The topological polar surface area (TPSA) is 25.0 Å². The van der Waals surface area contributed by atoms with Gasteiger partial charge in [0.25, 0.3) is 0 Å². The molecular formula is C8H11NO. The Morgan fingerprint density at radius 2 is 2.00 bits per heavy atom. The van der Waals surface area contributed by atoms with Gasteiger partial charge in [0, 0.05) is 18.8 Å². The standard InChI is InChI=1S/C4H5N.C4H6O/c2*1-2-4-5-3-1/h1-5H;1,3H,2,4H2. The molecule has 1 aromatic heterocycles. The number of aromatic amines is 1. The third-order valence-electron chi connectivity index (χ3n) is 1.09. The summed E-state index contributed by atoms with van der Waals surface area (Å²) in [6.07, 6.45) is 8.60. The summed E-state index contributed by atoms with van der Waals surface area (Å²) in [6, 6.07) is 3.89. The summed E-state index contributed by atoms with van der Waals surface area (Å²) in [5.74, 6) is 0. The van der Waals surface area contributed by atoms with E-state index in [0.29, 0.717) is 0 Å². The first-order valence-electron chi connectivity index (χ1n) is 3.34. The summed E-state index contributed by atoms with van der Waals surface area (Å²) in [6.45, 7) is 0.889. The molecule has 2 heteroatoms. The molecule has 2 nitrogen and oxygen atoms in total. The Bertz CT molecular complexity index is 144. The predicted molar refractivity (Wildman–Crippen MR) is 40.5 cm³/mol. The van der Waals surface area contributed by atoms with Crippen LogP contribution < -0.4 is 0 Å². The molecule has 0 fully saturated rings. The molecule has 1 N–H and O–H groups in total. The van der Waals surface area contributed by atoms with Gasteiger partial charge in [0.15, 0.2) is 0 Å². The van der Waals surface area contributed by atoms with Gasteiger partial charge in [-0.3, -0.25) is 0 Å². The van der Waals surface area contributed by atoms with Crippen LogP contribution in [-0.4, -0.2) is 11.6 Å². The second-order valence-electron chi connectivity index (χ2n) is 1.92. The first-order chi connectivity index (χ1) is 5.00. The summed E-state index contributed by atoms with van der Waals surface area (Å²) in [5.41, 5.74) is 0. The number of nitrogens with one attached hydrogen (secondary N) is 1. The van der Waals surface area contributed by atoms with Crippen LogP contribution in [-0.2, 0) is 4.74 Å². The number of H-pyrrole nitrogens is 1. The summed E-state index contributed by atoms with van der Waals surface area (Å²) in [7, 11) is 0. The second kappa shape index (κ2) is 4.68. The van der Waals surface area contributed by atoms with Gasteiger partial charge in [-0.2, -0.15) is 0 Å². The molecule has 2 rings (SSSR count). The van der Waals surface area contributed by atoms with Crippen molar-refractivity contribution in [2.24, 2.45) is 0 Å². The molecule has 0 bridgehead atoms. The summed E-state index contributed by atoms with van der Waals surface area (Å²) in [4.78, 5) is 2.86. The van der Waals surface area contributed by atoms with E-state index in [0.717, 1.165) is 13.0 Å². The van der Waals surface area contributed by atoms with Crippen molar-refractivity contribution in [3.05, 3.63) is 36.9 Å². The largest absolute Gasteiger partial charge is 0.501 e. The van der Waals surface area contributed by atoms with Crippen molar-refractivity contribution in [2.75, 3.05) is 6.61 Å². The zero-order valence-electron chi connectivity index (χ0n) is 5.79. The first-order valence-corrected chi connectivity index (χ1v) is 3.34. The van der Waals surface area contributed by atoms with Crippen molar-refractivity contribution >= 4 is 0 Å². The highest BCUT2D eigenvalue weighted by molar-refractivity contribution is 4.84. The van der Waals surface area contributed by atoms with E-state index < -0.39 is 0 Å². The Hall–Kier alpha value is -1.18. The molecule has 54 valence electrons. The number of rotatable bonds is 0. The van der Waals surface area contributed by atoms with Gasteiger partial charge < -0.3 is 9.72 Å². The molecule has 0 spiro atoms. The third-order valence-corrected chi connectivity index (χ3v) is 1.09. The Labute approximate surface area is 60.5 Å². The van der Waals surface area contributed by atoms with Crippen LogP contribution in [0.5, 0.6) is 0 Å². The summed E-state index contributed by atoms with van der Waals surface area (Å²) < 4.78 is 4.76. The van der Waals surface area contributed by atoms with Crippen molar-refractivity contribution in [3.8, 4) is 0 Å². The minimum absolute atomic E-state index is 0.889. The Kier molecular flexibility index (Phi) is 3.24. The van der Waals surface area contributed by atoms with Crippen molar-refractivity contribution < 1.29 is 4.74 Å². The molecule has 2 heterocycles. The van der Waals surface area contributed by atoms with E-state index in [9.17, 15) is 0 Å². The fourth-order valence-electron chi connectivity index (χ4n) is 0.618. The van der Waals surface area contributed by atoms with E-state index in [1.54, 1.807) is 6.26 Å². The zero-order chi connectivity index (χ0) is 7.07. The minimum atomic E-state index is 0.889. The monoisotopic (exact) mass is 137 g/mol. The molecule has 0 saturated heterocycles. The fraction of sp³-hybridized carbons (Fsp3) is 0.250. The van der Waals surface area contributed by atoms with E-state index in [1.807, 2.05) is 30.6 Å². The van der Waals surface area contributed by atoms with Gasteiger partial charge in [0.2, 0.25) is 0 Å². The Balaban J connectivity index is 0.0000001000. The molecule has 0 radical (unpaired) electrons. The molecule has 0 atom stereocenters. The molecule has 0 aliphatic carbocycles. The SMILES string of the molecule is C1=COCC1.c1cc[nH]c1. The lowest BCUT2D eigenvalue weighted by molar-refractivity contribution is 0.281. The Morgan fingerprint density at radius 1 is 1.20 bits per heavy atom. The van der Waals surface area contributed by atoms with Crippen molar-refractivity contribution in [2.45, 2.75) is 6.42 Å². The van der Waals surface area contributed by atoms with E-state index >= 15 is 0 Å². The van der Waals surface area contributed by atoms with E-state index in [1.165, 1.54) is 0 Å². The normalized spacial score (nSPS) is 13.6. The maximum Gasteiger partial charge on any atom is 0.0908 e. The predicted octanol–water partition coefficient (Wildman–Crippen LogP) is 1.94. The highest BCUT2D eigenvalue weighted by atomic mass is 16.5. The number of ether oxygens (including phenoxy) is 1. The average Bonchev–Trinajstić information content (AvgIpc) is 2.67. The smallest absolute Gasteiger partial charge is 0.0908 e. The molecule has 0 aromatic carbocycles. The number of hydrogen-bond donors (Lipinski definition) is 1. The lowest BCUT2D eigenvalue weighted by Gasteiger charge is -1.79. The molecule has 0 amide bonds. The van der Waals surface area contributed by atoms with Gasteiger partial charge in [-0.1, -0.05) is 0 Å². The maximum absolute atomic E-state index is 4.76. The average molecular weight is 137 g/mol. The highest BCUT2D eigenvalue weighted by Crippen LogP contribution is 1.93. The molecule has 1 aromatic rings. The quantitative estimate of drug-likeness (QED) is 0.580. The van der Waals surface area contributed by atoms with Gasteiger partial charge in [0.05, 0.1) is 12.9 Å². The number of hydrogen-bond acceptors (Lipinski definition) is 1. The third kappa shape index (κ3) is 2.97. The minimum Gasteiger partial charge on any atom is -0.501 e. The van der Waals surface area contributed by atoms with Crippen LogP contribution in [0, 0.1) is 0 Å². The lowest BCUT2D eigenvalue weighted by atomic mass is 10.5. The van der Waals surface area contributed by atoms with Crippen LogP contribution in [0.1, 0.15) is 6.42 Å². The van der Waals surface area contributed by atoms with E-state index in [4.69, 9.17) is 4.74 Å². The van der Waals surface area contributed by atoms with Crippen LogP contribution in [0.15, 0.2) is 36.9 Å². The van der Waals surface area contributed by atoms with Crippen LogP contribution >= 0.6 is 0 Å². The first kappa shape index (κ1) is 6.93. The van der Waals surface area contributed by atoms with Crippen LogP contribution in [0.2, 0.25) is 0 Å². The number of aromatic nitrogens is 1. The molecule has 1 aliphatic heterocycles. The molecule has 10 heavy (non-hydrogen) atoms. The van der Waals surface area contributed by atoms with Gasteiger partial charge in [0.1, 0.15) is 0 Å². The van der Waals surface area contributed by atoms with Crippen LogP contribution in [0.25, 0.3) is 0 Å². The Morgan fingerprint density at radius 3 is 2.20 bits per heavy atom. The van der Waals surface area contributed by atoms with E-state index in [2.05, 4.69) is 4.98 Å². The highest BCUT2D eigenvalue weighted by Gasteiger charge is 1.83.